The number of benzene rings is 1. The first-order valence-electron chi connectivity index (χ1n) is 5.26. The average molecular weight is 281 g/mol. The molecule has 3 nitrogen and oxygen atoms in total. The number of likely N-dealkylation sites (tertiary alicyclic amines) is 1. The van der Waals surface area contributed by atoms with Gasteiger partial charge in [-0.2, -0.15) is 4.99 Å². The Morgan fingerprint density at radius 2 is 2.19 bits per heavy atom. The molecular formula is C12H13BrN2O. The smallest absolute Gasteiger partial charge is 0.279 e. The molecule has 1 amide bonds. The fourth-order valence-electron chi connectivity index (χ4n) is 1.75. The molecular weight excluding hydrogens is 268 g/mol. The first kappa shape index (κ1) is 11.3. The summed E-state index contributed by atoms with van der Waals surface area (Å²) in [6.45, 7) is 0.988. The molecule has 2 rings (SSSR count). The standard InChI is InChI=1S/C12H13BrN2O/c1-15-8-4-7-11(15)14-12(16)9-5-2-3-6-10(9)13/h2-3,5-6H,4,7-8H2,1H3. The van der Waals surface area contributed by atoms with E-state index in [0.29, 0.717) is 5.56 Å². The Kier molecular flexibility index (Phi) is 3.39. The van der Waals surface area contributed by atoms with E-state index in [1.54, 1.807) is 6.07 Å². The van der Waals surface area contributed by atoms with Crippen molar-refractivity contribution >= 4 is 27.7 Å². The molecule has 0 aliphatic carbocycles. The van der Waals surface area contributed by atoms with Crippen molar-refractivity contribution in [3.05, 3.63) is 34.3 Å². The molecule has 0 atom stereocenters. The molecule has 0 N–H and O–H groups in total. The van der Waals surface area contributed by atoms with Crippen LogP contribution in [0.3, 0.4) is 0 Å². The molecule has 1 heterocycles. The van der Waals surface area contributed by atoms with Crippen LogP contribution in [0.15, 0.2) is 33.7 Å². The van der Waals surface area contributed by atoms with Crippen LogP contribution in [0.5, 0.6) is 0 Å². The lowest BCUT2D eigenvalue weighted by atomic mass is 10.2. The maximum Gasteiger partial charge on any atom is 0.279 e. The summed E-state index contributed by atoms with van der Waals surface area (Å²) in [5.41, 5.74) is 0.621. The molecule has 1 aromatic carbocycles. The summed E-state index contributed by atoms with van der Waals surface area (Å²) >= 11 is 3.36. The number of amides is 1. The van der Waals surface area contributed by atoms with Crippen LogP contribution in [0.1, 0.15) is 23.2 Å². The van der Waals surface area contributed by atoms with Crippen LogP contribution >= 0.6 is 15.9 Å². The summed E-state index contributed by atoms with van der Waals surface area (Å²) in [5.74, 6) is 0.719. The molecule has 0 unspecified atom stereocenters. The van der Waals surface area contributed by atoms with E-state index in [1.165, 1.54) is 0 Å². The molecule has 0 spiro atoms. The van der Waals surface area contributed by atoms with Crippen LogP contribution < -0.4 is 0 Å². The number of halogens is 1. The highest BCUT2D eigenvalue weighted by molar-refractivity contribution is 9.10. The van der Waals surface area contributed by atoms with Gasteiger partial charge in [-0.1, -0.05) is 12.1 Å². The van der Waals surface area contributed by atoms with Crippen molar-refractivity contribution in [2.45, 2.75) is 12.8 Å². The Labute approximate surface area is 103 Å². The number of carbonyl (C=O) groups excluding carboxylic acids is 1. The zero-order chi connectivity index (χ0) is 11.5. The van der Waals surface area contributed by atoms with Gasteiger partial charge in [-0.3, -0.25) is 4.79 Å². The second-order valence-corrected chi connectivity index (χ2v) is 4.69. The number of hydrogen-bond acceptors (Lipinski definition) is 1. The third kappa shape index (κ3) is 2.32. The Morgan fingerprint density at radius 3 is 2.81 bits per heavy atom. The minimum atomic E-state index is -0.170. The number of carbonyl (C=O) groups is 1. The van der Waals surface area contributed by atoms with Crippen LogP contribution in [0.4, 0.5) is 0 Å². The molecule has 4 heteroatoms. The van der Waals surface area contributed by atoms with E-state index in [0.717, 1.165) is 29.7 Å². The zero-order valence-electron chi connectivity index (χ0n) is 9.11. The number of amidine groups is 1. The van der Waals surface area contributed by atoms with Gasteiger partial charge in [-0.15, -0.1) is 0 Å². The van der Waals surface area contributed by atoms with E-state index < -0.39 is 0 Å². The summed E-state index contributed by atoms with van der Waals surface area (Å²) in [4.78, 5) is 18.1. The molecule has 1 saturated heterocycles. The summed E-state index contributed by atoms with van der Waals surface area (Å²) in [6.07, 6.45) is 1.98. The van der Waals surface area contributed by atoms with Gasteiger partial charge in [0.25, 0.3) is 5.91 Å². The van der Waals surface area contributed by atoms with Gasteiger partial charge < -0.3 is 4.90 Å². The van der Waals surface area contributed by atoms with Crippen molar-refractivity contribution in [2.75, 3.05) is 13.6 Å². The van der Waals surface area contributed by atoms with Crippen molar-refractivity contribution in [3.63, 3.8) is 0 Å². The van der Waals surface area contributed by atoms with Crippen LogP contribution in [0, 0.1) is 0 Å². The topological polar surface area (TPSA) is 32.7 Å². The number of rotatable bonds is 1. The monoisotopic (exact) mass is 280 g/mol. The van der Waals surface area contributed by atoms with E-state index in [-0.39, 0.29) is 5.91 Å². The minimum absolute atomic E-state index is 0.170. The first-order valence-corrected chi connectivity index (χ1v) is 6.05. The molecule has 1 aromatic rings. The zero-order valence-corrected chi connectivity index (χ0v) is 10.7. The van der Waals surface area contributed by atoms with E-state index in [9.17, 15) is 4.79 Å². The van der Waals surface area contributed by atoms with Crippen molar-refractivity contribution < 1.29 is 4.79 Å². The summed E-state index contributed by atoms with van der Waals surface area (Å²) in [6, 6.07) is 7.36. The maximum absolute atomic E-state index is 11.9. The SMILES string of the molecule is CN1CCCC1=NC(=O)c1ccccc1Br. The third-order valence-electron chi connectivity index (χ3n) is 2.67. The van der Waals surface area contributed by atoms with Gasteiger partial charge in [-0.05, 0) is 34.5 Å². The highest BCUT2D eigenvalue weighted by Gasteiger charge is 2.17. The Hall–Kier alpha value is -1.16. The second-order valence-electron chi connectivity index (χ2n) is 3.84. The summed E-state index contributed by atoms with van der Waals surface area (Å²) in [5, 5.41) is 0. The van der Waals surface area contributed by atoms with E-state index >= 15 is 0 Å². The molecule has 0 saturated carbocycles. The molecule has 1 aliphatic heterocycles. The average Bonchev–Trinajstić information content (AvgIpc) is 2.65. The van der Waals surface area contributed by atoms with Crippen LogP contribution in [-0.2, 0) is 0 Å². The highest BCUT2D eigenvalue weighted by Crippen LogP contribution is 2.18. The van der Waals surface area contributed by atoms with Gasteiger partial charge in [0.15, 0.2) is 0 Å². The van der Waals surface area contributed by atoms with Crippen molar-refractivity contribution in [1.82, 2.24) is 4.90 Å². The fraction of sp³-hybridized carbons (Fsp3) is 0.333. The second kappa shape index (κ2) is 4.78. The largest absolute Gasteiger partial charge is 0.363 e. The van der Waals surface area contributed by atoms with E-state index in [4.69, 9.17) is 0 Å². The minimum Gasteiger partial charge on any atom is -0.363 e. The first-order chi connectivity index (χ1) is 7.68. The lowest BCUT2D eigenvalue weighted by Crippen LogP contribution is -2.20. The quantitative estimate of drug-likeness (QED) is 0.793. The molecule has 0 aromatic heterocycles. The maximum atomic E-state index is 11.9. The van der Waals surface area contributed by atoms with Gasteiger partial charge in [0.05, 0.1) is 5.56 Å². The fourth-order valence-corrected chi connectivity index (χ4v) is 2.20. The van der Waals surface area contributed by atoms with E-state index in [1.807, 2.05) is 30.1 Å². The number of hydrogen-bond donors (Lipinski definition) is 0. The van der Waals surface area contributed by atoms with Crippen LogP contribution in [0.2, 0.25) is 0 Å². The van der Waals surface area contributed by atoms with Gasteiger partial charge in [0, 0.05) is 24.5 Å². The summed E-state index contributed by atoms with van der Waals surface area (Å²) in [7, 11) is 1.97. The van der Waals surface area contributed by atoms with Crippen LogP contribution in [-0.4, -0.2) is 30.2 Å². The Bertz CT molecular complexity index is 442. The molecule has 1 aliphatic rings. The van der Waals surface area contributed by atoms with Gasteiger partial charge in [0.1, 0.15) is 5.84 Å². The molecule has 1 fully saturated rings. The molecule has 84 valence electrons. The molecule has 0 radical (unpaired) electrons. The van der Waals surface area contributed by atoms with Crippen molar-refractivity contribution in [2.24, 2.45) is 4.99 Å². The predicted octanol–water partition coefficient (Wildman–Crippen LogP) is 2.71. The highest BCUT2D eigenvalue weighted by atomic mass is 79.9. The Balaban J connectivity index is 2.24. The van der Waals surface area contributed by atoms with E-state index in [2.05, 4.69) is 20.9 Å². The summed E-state index contributed by atoms with van der Waals surface area (Å²) < 4.78 is 0.796. The van der Waals surface area contributed by atoms with Crippen molar-refractivity contribution in [1.29, 1.82) is 0 Å². The normalized spacial score (nSPS) is 18.1. The molecule has 16 heavy (non-hydrogen) atoms. The molecule has 0 bridgehead atoms. The van der Waals surface area contributed by atoms with Gasteiger partial charge in [-0.25, -0.2) is 0 Å². The lowest BCUT2D eigenvalue weighted by Gasteiger charge is -2.10. The lowest BCUT2D eigenvalue weighted by molar-refractivity contribution is 0.100. The van der Waals surface area contributed by atoms with Gasteiger partial charge >= 0.3 is 0 Å². The van der Waals surface area contributed by atoms with Gasteiger partial charge in [0.2, 0.25) is 0 Å². The number of aliphatic imine (C=N–C) groups is 1. The Morgan fingerprint density at radius 1 is 1.44 bits per heavy atom. The number of nitrogens with zero attached hydrogens (tertiary/aromatic N) is 2. The predicted molar refractivity (Wildman–Crippen MR) is 67.8 cm³/mol. The van der Waals surface area contributed by atoms with Crippen molar-refractivity contribution in [3.8, 4) is 0 Å². The van der Waals surface area contributed by atoms with Crippen LogP contribution in [0.25, 0.3) is 0 Å². The third-order valence-corrected chi connectivity index (χ3v) is 3.36.